The number of hydrogen-bond acceptors (Lipinski definition) is 4. The molecule has 0 aliphatic rings. The van der Waals surface area contributed by atoms with E-state index >= 15 is 0 Å². The van der Waals surface area contributed by atoms with Gasteiger partial charge in [0, 0.05) is 11.6 Å². The molecule has 2 aromatic heterocycles. The van der Waals surface area contributed by atoms with E-state index in [2.05, 4.69) is 19.9 Å². The van der Waals surface area contributed by atoms with Crippen molar-refractivity contribution >= 4 is 34.5 Å². The minimum atomic E-state index is -0.562. The normalized spacial score (nSPS) is 11.0. The summed E-state index contributed by atoms with van der Waals surface area (Å²) in [7, 11) is 0. The maximum absolute atomic E-state index is 11.3. The number of hydrogen-bond donors (Lipinski definition) is 3. The lowest BCUT2D eigenvalue weighted by atomic mass is 10.5. The van der Waals surface area contributed by atoms with Gasteiger partial charge in [0.15, 0.2) is 10.8 Å². The first-order chi connectivity index (χ1) is 7.20. The van der Waals surface area contributed by atoms with E-state index in [1.54, 1.807) is 0 Å². The van der Waals surface area contributed by atoms with Gasteiger partial charge in [0.05, 0.1) is 0 Å². The fourth-order valence-electron chi connectivity index (χ4n) is 1.11. The summed E-state index contributed by atoms with van der Waals surface area (Å²) in [5, 5.41) is 0.568. The van der Waals surface area contributed by atoms with Gasteiger partial charge < -0.3 is 4.98 Å². The van der Waals surface area contributed by atoms with Crippen LogP contribution in [0, 0.1) is 0 Å². The highest BCUT2D eigenvalue weighted by Crippen LogP contribution is 2.15. The molecule has 2 aromatic rings. The summed E-state index contributed by atoms with van der Waals surface area (Å²) < 4.78 is 0. The van der Waals surface area contributed by atoms with Gasteiger partial charge in [0.25, 0.3) is 5.56 Å². The summed E-state index contributed by atoms with van der Waals surface area (Å²) in [5.41, 5.74) is -0.501. The monoisotopic (exact) mass is 246 g/mol. The van der Waals surface area contributed by atoms with Crippen LogP contribution in [-0.4, -0.2) is 31.6 Å². The first-order valence-corrected chi connectivity index (χ1v) is 5.64. The van der Waals surface area contributed by atoms with Crippen molar-refractivity contribution in [2.75, 3.05) is 11.6 Å². The summed E-state index contributed by atoms with van der Waals surface area (Å²) in [6.45, 7) is 0. The molecule has 0 fully saturated rings. The Bertz CT molecular complexity index is 586. The Balaban J connectivity index is 2.51. The quantitative estimate of drug-likeness (QED) is 0.535. The SMILES string of the molecule is O=c1[nH]c(=O)c2[nH]c(SCCCl)nc2[nH]1. The molecule has 80 valence electrons. The van der Waals surface area contributed by atoms with E-state index in [4.69, 9.17) is 11.6 Å². The third kappa shape index (κ3) is 2.07. The molecule has 2 heterocycles. The maximum Gasteiger partial charge on any atom is 0.327 e. The van der Waals surface area contributed by atoms with Crippen molar-refractivity contribution in [3.05, 3.63) is 20.8 Å². The zero-order chi connectivity index (χ0) is 10.8. The van der Waals surface area contributed by atoms with Crippen molar-refractivity contribution in [2.45, 2.75) is 5.16 Å². The number of halogens is 1. The van der Waals surface area contributed by atoms with Gasteiger partial charge in [-0.15, -0.1) is 11.6 Å². The van der Waals surface area contributed by atoms with Crippen molar-refractivity contribution in [1.29, 1.82) is 0 Å². The molecule has 0 amide bonds. The van der Waals surface area contributed by atoms with Crippen molar-refractivity contribution < 1.29 is 0 Å². The lowest BCUT2D eigenvalue weighted by Gasteiger charge is -1.89. The molecule has 0 aromatic carbocycles. The number of aromatic nitrogens is 4. The average molecular weight is 247 g/mol. The maximum atomic E-state index is 11.3. The van der Waals surface area contributed by atoms with Crippen LogP contribution in [0.3, 0.4) is 0 Å². The summed E-state index contributed by atoms with van der Waals surface area (Å²) in [6, 6.07) is 0. The Hall–Kier alpha value is -1.21. The van der Waals surface area contributed by atoms with Gasteiger partial charge in [-0.05, 0) is 0 Å². The van der Waals surface area contributed by atoms with Gasteiger partial charge in [0.2, 0.25) is 0 Å². The van der Waals surface area contributed by atoms with Gasteiger partial charge in [0.1, 0.15) is 5.52 Å². The third-order valence-corrected chi connectivity index (χ3v) is 2.97. The highest BCUT2D eigenvalue weighted by molar-refractivity contribution is 7.99. The molecule has 0 aliphatic heterocycles. The second kappa shape index (κ2) is 4.11. The number of nitrogens with one attached hydrogen (secondary N) is 3. The number of alkyl halides is 1. The number of aromatic amines is 3. The summed E-state index contributed by atoms with van der Waals surface area (Å²) in [4.78, 5) is 33.6. The van der Waals surface area contributed by atoms with Gasteiger partial charge >= 0.3 is 5.69 Å². The largest absolute Gasteiger partial charge is 0.327 e. The average Bonchev–Trinajstić information content (AvgIpc) is 2.57. The van der Waals surface area contributed by atoms with E-state index in [1.165, 1.54) is 11.8 Å². The standard InChI is InChI=1S/C7H7ClN4O2S/c8-1-2-15-7-9-3-4(11-7)10-6(14)12-5(3)13/h1-2H2,(H3,9,10,11,12,13,14). The molecule has 0 saturated carbocycles. The highest BCUT2D eigenvalue weighted by atomic mass is 35.5. The lowest BCUT2D eigenvalue weighted by molar-refractivity contribution is 1.06. The van der Waals surface area contributed by atoms with E-state index in [1.807, 2.05) is 0 Å². The molecule has 15 heavy (non-hydrogen) atoms. The van der Waals surface area contributed by atoms with Crippen LogP contribution in [-0.2, 0) is 0 Å². The zero-order valence-electron chi connectivity index (χ0n) is 7.46. The van der Waals surface area contributed by atoms with Crippen LogP contribution in [0.5, 0.6) is 0 Å². The zero-order valence-corrected chi connectivity index (χ0v) is 9.04. The number of imidazole rings is 1. The number of thioether (sulfide) groups is 1. The first-order valence-electron chi connectivity index (χ1n) is 4.12. The minimum Gasteiger partial charge on any atom is -0.327 e. The van der Waals surface area contributed by atoms with Crippen LogP contribution in [0.2, 0.25) is 0 Å². The first kappa shape index (κ1) is 10.3. The molecule has 3 N–H and O–H groups in total. The number of fused-ring (bicyclic) bond motifs is 1. The van der Waals surface area contributed by atoms with Gasteiger partial charge in [-0.1, -0.05) is 11.8 Å². The molecular formula is C7H7ClN4O2S. The number of H-pyrrole nitrogens is 3. The third-order valence-electron chi connectivity index (χ3n) is 1.68. The molecule has 0 radical (unpaired) electrons. The summed E-state index contributed by atoms with van der Waals surface area (Å²) in [6.07, 6.45) is 0. The molecule has 0 unspecified atom stereocenters. The van der Waals surface area contributed by atoms with Crippen LogP contribution in [0.1, 0.15) is 0 Å². The van der Waals surface area contributed by atoms with Crippen molar-refractivity contribution in [1.82, 2.24) is 19.9 Å². The predicted octanol–water partition coefficient (Wildman–Crippen LogP) is 0.270. The van der Waals surface area contributed by atoms with Gasteiger partial charge in [-0.3, -0.25) is 14.8 Å². The number of nitrogens with zero attached hydrogens (tertiary/aromatic N) is 1. The smallest absolute Gasteiger partial charge is 0.327 e. The Morgan fingerprint density at radius 3 is 2.80 bits per heavy atom. The Labute approximate surface area is 92.5 Å². The van der Waals surface area contributed by atoms with Gasteiger partial charge in [-0.2, -0.15) is 0 Å². The summed E-state index contributed by atoms with van der Waals surface area (Å²) in [5.74, 6) is 1.18. The topological polar surface area (TPSA) is 94.4 Å². The van der Waals surface area contributed by atoms with Crippen LogP contribution in [0.15, 0.2) is 14.7 Å². The Kier molecular flexibility index (Phi) is 2.83. The second-order valence-electron chi connectivity index (χ2n) is 2.71. The van der Waals surface area contributed by atoms with Gasteiger partial charge in [-0.25, -0.2) is 9.78 Å². The van der Waals surface area contributed by atoms with Crippen molar-refractivity contribution in [3.63, 3.8) is 0 Å². The van der Waals surface area contributed by atoms with E-state index in [-0.39, 0.29) is 11.2 Å². The van der Waals surface area contributed by atoms with E-state index in [0.29, 0.717) is 16.8 Å². The molecule has 0 spiro atoms. The highest BCUT2D eigenvalue weighted by Gasteiger charge is 2.07. The van der Waals surface area contributed by atoms with E-state index < -0.39 is 11.2 Å². The molecule has 0 aliphatic carbocycles. The van der Waals surface area contributed by atoms with Crippen LogP contribution in [0.4, 0.5) is 0 Å². The molecule has 0 saturated heterocycles. The predicted molar refractivity (Wildman–Crippen MR) is 58.8 cm³/mol. The van der Waals surface area contributed by atoms with Crippen molar-refractivity contribution in [2.24, 2.45) is 0 Å². The fraction of sp³-hybridized carbons (Fsp3) is 0.286. The summed E-state index contributed by atoms with van der Waals surface area (Å²) >= 11 is 6.91. The molecule has 2 rings (SSSR count). The minimum absolute atomic E-state index is 0.265. The van der Waals surface area contributed by atoms with E-state index in [9.17, 15) is 9.59 Å². The molecule has 0 atom stereocenters. The molecule has 6 nitrogen and oxygen atoms in total. The number of rotatable bonds is 3. The van der Waals surface area contributed by atoms with E-state index in [0.717, 1.165) is 0 Å². The molecule has 0 bridgehead atoms. The van der Waals surface area contributed by atoms with Crippen molar-refractivity contribution in [3.8, 4) is 0 Å². The Morgan fingerprint density at radius 2 is 2.07 bits per heavy atom. The lowest BCUT2D eigenvalue weighted by Crippen LogP contribution is -2.21. The Morgan fingerprint density at radius 1 is 1.27 bits per heavy atom. The molecular weight excluding hydrogens is 240 g/mol. The van der Waals surface area contributed by atoms with Crippen LogP contribution >= 0.6 is 23.4 Å². The van der Waals surface area contributed by atoms with Crippen LogP contribution < -0.4 is 11.2 Å². The van der Waals surface area contributed by atoms with Crippen LogP contribution in [0.25, 0.3) is 11.2 Å². The molecule has 8 heteroatoms. The fourth-order valence-corrected chi connectivity index (χ4v) is 1.95. The second-order valence-corrected chi connectivity index (χ2v) is 4.17.